The van der Waals surface area contributed by atoms with Gasteiger partial charge in [0.25, 0.3) is 0 Å². The molecule has 92 valence electrons. The van der Waals surface area contributed by atoms with Gasteiger partial charge >= 0.3 is 0 Å². The molecule has 3 N–H and O–H groups in total. The third kappa shape index (κ3) is 2.94. The predicted molar refractivity (Wildman–Crippen MR) is 65.9 cm³/mol. The van der Waals surface area contributed by atoms with Crippen molar-refractivity contribution < 1.29 is 4.79 Å². The lowest BCUT2D eigenvalue weighted by Crippen LogP contribution is -2.30. The van der Waals surface area contributed by atoms with Crippen molar-refractivity contribution >= 4 is 11.7 Å². The molecule has 17 heavy (non-hydrogen) atoms. The summed E-state index contributed by atoms with van der Waals surface area (Å²) in [7, 11) is 0. The summed E-state index contributed by atoms with van der Waals surface area (Å²) in [5, 5.41) is 0. The van der Waals surface area contributed by atoms with Crippen LogP contribution < -0.4 is 11.3 Å². The molecule has 1 amide bonds. The fraction of sp³-hybridized carbons (Fsp3) is 0.500. The monoisotopic (exact) mass is 234 g/mol. The Balaban J connectivity index is 2.10. The Labute approximate surface area is 101 Å². The average molecular weight is 234 g/mol. The van der Waals surface area contributed by atoms with Crippen LogP contribution in [0.25, 0.3) is 0 Å². The minimum absolute atomic E-state index is 0.231. The second kappa shape index (κ2) is 5.63. The van der Waals surface area contributed by atoms with Gasteiger partial charge in [-0.05, 0) is 18.9 Å². The SMILES string of the molecule is NNc1ncccc1CN1CCCCCC1=O. The van der Waals surface area contributed by atoms with Crippen molar-refractivity contribution in [2.24, 2.45) is 5.84 Å². The normalized spacial score (nSPS) is 16.8. The highest BCUT2D eigenvalue weighted by Crippen LogP contribution is 2.17. The van der Waals surface area contributed by atoms with Gasteiger partial charge in [-0.15, -0.1) is 0 Å². The smallest absolute Gasteiger partial charge is 0.222 e. The Hall–Kier alpha value is -1.62. The van der Waals surface area contributed by atoms with E-state index in [2.05, 4.69) is 10.4 Å². The maximum Gasteiger partial charge on any atom is 0.222 e. The van der Waals surface area contributed by atoms with Gasteiger partial charge in [0.2, 0.25) is 5.91 Å². The minimum atomic E-state index is 0.231. The first-order valence-corrected chi connectivity index (χ1v) is 5.99. The van der Waals surface area contributed by atoms with Crippen molar-refractivity contribution in [3.63, 3.8) is 0 Å². The van der Waals surface area contributed by atoms with Crippen LogP contribution in [-0.4, -0.2) is 22.3 Å². The Morgan fingerprint density at radius 3 is 3.12 bits per heavy atom. The molecule has 0 radical (unpaired) electrons. The molecule has 1 aromatic heterocycles. The molecule has 5 heteroatoms. The van der Waals surface area contributed by atoms with Gasteiger partial charge in [0, 0.05) is 31.3 Å². The zero-order chi connectivity index (χ0) is 12.1. The van der Waals surface area contributed by atoms with Crippen LogP contribution in [0, 0.1) is 0 Å². The lowest BCUT2D eigenvalue weighted by Gasteiger charge is -2.21. The first-order valence-electron chi connectivity index (χ1n) is 5.99. The third-order valence-electron chi connectivity index (χ3n) is 3.06. The van der Waals surface area contributed by atoms with Crippen LogP contribution in [0.3, 0.4) is 0 Å². The van der Waals surface area contributed by atoms with E-state index in [0.717, 1.165) is 31.4 Å². The number of pyridine rings is 1. The van der Waals surface area contributed by atoms with E-state index in [-0.39, 0.29) is 5.91 Å². The standard InChI is InChI=1S/C12H18N4O/c13-15-12-10(5-4-7-14-12)9-16-8-3-1-2-6-11(16)17/h4-5,7H,1-3,6,8-9,13H2,(H,14,15). The number of rotatable bonds is 3. The van der Waals surface area contributed by atoms with Crippen molar-refractivity contribution in [2.45, 2.75) is 32.2 Å². The highest BCUT2D eigenvalue weighted by molar-refractivity contribution is 5.76. The number of nitrogens with two attached hydrogens (primary N) is 1. The summed E-state index contributed by atoms with van der Waals surface area (Å²) in [6.07, 6.45) is 5.56. The number of hydrogen-bond acceptors (Lipinski definition) is 4. The molecule has 5 nitrogen and oxygen atoms in total. The molecule has 0 aromatic carbocycles. The number of nitrogen functional groups attached to an aromatic ring is 1. The molecule has 0 spiro atoms. The summed E-state index contributed by atoms with van der Waals surface area (Å²) in [6, 6.07) is 3.80. The fourth-order valence-electron chi connectivity index (χ4n) is 2.11. The van der Waals surface area contributed by atoms with E-state index in [9.17, 15) is 4.79 Å². The molecule has 0 bridgehead atoms. The maximum absolute atomic E-state index is 11.9. The van der Waals surface area contributed by atoms with Crippen LogP contribution in [0.1, 0.15) is 31.2 Å². The van der Waals surface area contributed by atoms with E-state index in [1.807, 2.05) is 17.0 Å². The summed E-state index contributed by atoms with van der Waals surface area (Å²) in [5.41, 5.74) is 3.53. The third-order valence-corrected chi connectivity index (χ3v) is 3.06. The molecule has 1 saturated heterocycles. The number of aromatic nitrogens is 1. The molecule has 2 rings (SSSR count). The average Bonchev–Trinajstić information content (AvgIpc) is 2.56. The Morgan fingerprint density at radius 2 is 2.29 bits per heavy atom. The number of anilines is 1. The summed E-state index contributed by atoms with van der Waals surface area (Å²) >= 11 is 0. The lowest BCUT2D eigenvalue weighted by atomic mass is 10.2. The van der Waals surface area contributed by atoms with Crippen LogP contribution in [-0.2, 0) is 11.3 Å². The van der Waals surface area contributed by atoms with Crippen LogP contribution in [0.4, 0.5) is 5.82 Å². The van der Waals surface area contributed by atoms with Crippen molar-refractivity contribution in [2.75, 3.05) is 12.0 Å². The van der Waals surface area contributed by atoms with Gasteiger partial charge in [0.15, 0.2) is 0 Å². The maximum atomic E-state index is 11.9. The van der Waals surface area contributed by atoms with Crippen LogP contribution in [0.2, 0.25) is 0 Å². The highest BCUT2D eigenvalue weighted by Gasteiger charge is 2.17. The van der Waals surface area contributed by atoms with E-state index in [1.54, 1.807) is 6.20 Å². The number of hydrazine groups is 1. The largest absolute Gasteiger partial charge is 0.338 e. The molecule has 2 heterocycles. The number of amides is 1. The predicted octanol–water partition coefficient (Wildman–Crippen LogP) is 1.27. The Bertz CT molecular complexity index is 394. The number of carbonyl (C=O) groups is 1. The van der Waals surface area contributed by atoms with Crippen molar-refractivity contribution in [3.05, 3.63) is 23.9 Å². The number of carbonyl (C=O) groups excluding carboxylic acids is 1. The second-order valence-corrected chi connectivity index (χ2v) is 4.28. The quantitative estimate of drug-likeness (QED) is 0.610. The number of hydrogen-bond donors (Lipinski definition) is 2. The van der Waals surface area contributed by atoms with Crippen molar-refractivity contribution in [1.29, 1.82) is 0 Å². The topological polar surface area (TPSA) is 71.2 Å². The Kier molecular flexibility index (Phi) is 3.93. The van der Waals surface area contributed by atoms with Gasteiger partial charge in [-0.2, -0.15) is 0 Å². The molecular weight excluding hydrogens is 216 g/mol. The molecule has 0 aliphatic carbocycles. The van der Waals surface area contributed by atoms with Crippen LogP contribution >= 0.6 is 0 Å². The zero-order valence-corrected chi connectivity index (χ0v) is 9.85. The first-order chi connectivity index (χ1) is 8.31. The molecule has 1 aliphatic heterocycles. The lowest BCUT2D eigenvalue weighted by molar-refractivity contribution is -0.131. The van der Waals surface area contributed by atoms with Gasteiger partial charge < -0.3 is 10.3 Å². The van der Waals surface area contributed by atoms with E-state index in [4.69, 9.17) is 5.84 Å². The first kappa shape index (κ1) is 11.9. The van der Waals surface area contributed by atoms with Crippen LogP contribution in [0.5, 0.6) is 0 Å². The molecule has 1 aliphatic rings. The minimum Gasteiger partial charge on any atom is -0.338 e. The van der Waals surface area contributed by atoms with Crippen LogP contribution in [0.15, 0.2) is 18.3 Å². The number of nitrogens with one attached hydrogen (secondary N) is 1. The van der Waals surface area contributed by atoms with Crippen molar-refractivity contribution in [3.8, 4) is 0 Å². The summed E-state index contributed by atoms with van der Waals surface area (Å²) < 4.78 is 0. The van der Waals surface area contributed by atoms with Gasteiger partial charge in [-0.3, -0.25) is 4.79 Å². The molecule has 0 saturated carbocycles. The summed E-state index contributed by atoms with van der Waals surface area (Å²) in [6.45, 7) is 1.42. The summed E-state index contributed by atoms with van der Waals surface area (Å²) in [4.78, 5) is 17.9. The number of nitrogens with zero attached hydrogens (tertiary/aromatic N) is 2. The molecule has 1 aromatic rings. The summed E-state index contributed by atoms with van der Waals surface area (Å²) in [5.74, 6) is 6.28. The van der Waals surface area contributed by atoms with E-state index < -0.39 is 0 Å². The number of likely N-dealkylation sites (tertiary alicyclic amines) is 1. The highest BCUT2D eigenvalue weighted by atomic mass is 16.2. The molecule has 0 atom stereocenters. The van der Waals surface area contributed by atoms with E-state index >= 15 is 0 Å². The van der Waals surface area contributed by atoms with Gasteiger partial charge in [-0.1, -0.05) is 12.5 Å². The Morgan fingerprint density at radius 1 is 1.41 bits per heavy atom. The van der Waals surface area contributed by atoms with Gasteiger partial charge in [0.1, 0.15) is 5.82 Å². The second-order valence-electron chi connectivity index (χ2n) is 4.28. The molecule has 0 unspecified atom stereocenters. The van der Waals surface area contributed by atoms with E-state index in [0.29, 0.717) is 18.8 Å². The molecular formula is C12H18N4O. The zero-order valence-electron chi connectivity index (χ0n) is 9.85. The van der Waals surface area contributed by atoms with Gasteiger partial charge in [0.05, 0.1) is 0 Å². The van der Waals surface area contributed by atoms with E-state index in [1.165, 1.54) is 0 Å². The molecule has 1 fully saturated rings. The van der Waals surface area contributed by atoms with Crippen molar-refractivity contribution in [1.82, 2.24) is 9.88 Å². The van der Waals surface area contributed by atoms with Gasteiger partial charge in [-0.25, -0.2) is 10.8 Å². The fourth-order valence-corrected chi connectivity index (χ4v) is 2.11.